The number of hydrogen-bond donors (Lipinski definition) is 3. The van der Waals surface area contributed by atoms with Crippen LogP contribution in [0.1, 0.15) is 39.5 Å². The highest BCUT2D eigenvalue weighted by molar-refractivity contribution is 5.95. The molecule has 0 unspecified atom stereocenters. The van der Waals surface area contributed by atoms with E-state index in [1.807, 2.05) is 55.5 Å². The molecule has 0 aliphatic rings. The highest BCUT2D eigenvalue weighted by Gasteiger charge is 2.08. The van der Waals surface area contributed by atoms with Crippen molar-refractivity contribution in [3.8, 4) is 5.75 Å². The normalized spacial score (nSPS) is 10.2. The van der Waals surface area contributed by atoms with Gasteiger partial charge in [0.15, 0.2) is 0 Å². The van der Waals surface area contributed by atoms with Crippen LogP contribution >= 0.6 is 0 Å². The molecular formula is C22H29N3O3. The van der Waals surface area contributed by atoms with E-state index in [4.69, 9.17) is 4.74 Å². The lowest BCUT2D eigenvalue weighted by molar-refractivity contribution is -0.116. The molecule has 0 heterocycles. The van der Waals surface area contributed by atoms with E-state index in [9.17, 15) is 9.59 Å². The SMILES string of the molecule is CCCCOc1ccccc1NC(=O)CNc1cccc(NC(=O)CCC)c1. The molecule has 2 aromatic rings. The molecule has 0 bridgehead atoms. The molecule has 0 radical (unpaired) electrons. The number of unbranched alkanes of at least 4 members (excludes halogenated alkanes) is 1. The summed E-state index contributed by atoms with van der Waals surface area (Å²) in [6, 6.07) is 14.7. The fourth-order valence-electron chi connectivity index (χ4n) is 2.56. The van der Waals surface area contributed by atoms with Crippen LogP contribution in [0, 0.1) is 0 Å². The van der Waals surface area contributed by atoms with Crippen molar-refractivity contribution < 1.29 is 14.3 Å². The molecule has 0 aliphatic carbocycles. The Balaban J connectivity index is 1.88. The molecule has 0 aliphatic heterocycles. The van der Waals surface area contributed by atoms with Gasteiger partial charge in [0, 0.05) is 17.8 Å². The van der Waals surface area contributed by atoms with Gasteiger partial charge in [0.2, 0.25) is 11.8 Å². The quantitative estimate of drug-likeness (QED) is 0.493. The highest BCUT2D eigenvalue weighted by atomic mass is 16.5. The zero-order chi connectivity index (χ0) is 20.2. The Kier molecular flexibility index (Phi) is 8.85. The van der Waals surface area contributed by atoms with E-state index in [1.165, 1.54) is 0 Å². The molecular weight excluding hydrogens is 354 g/mol. The number of anilines is 3. The van der Waals surface area contributed by atoms with Gasteiger partial charge in [-0.05, 0) is 43.2 Å². The van der Waals surface area contributed by atoms with Gasteiger partial charge in [0.1, 0.15) is 5.75 Å². The Morgan fingerprint density at radius 2 is 1.68 bits per heavy atom. The summed E-state index contributed by atoms with van der Waals surface area (Å²) in [7, 11) is 0. The van der Waals surface area contributed by atoms with Crippen molar-refractivity contribution in [1.82, 2.24) is 0 Å². The third kappa shape index (κ3) is 7.31. The van der Waals surface area contributed by atoms with E-state index >= 15 is 0 Å². The smallest absolute Gasteiger partial charge is 0.243 e. The van der Waals surface area contributed by atoms with E-state index in [0.29, 0.717) is 30.2 Å². The highest BCUT2D eigenvalue weighted by Crippen LogP contribution is 2.24. The van der Waals surface area contributed by atoms with E-state index in [-0.39, 0.29) is 18.4 Å². The zero-order valence-corrected chi connectivity index (χ0v) is 16.6. The van der Waals surface area contributed by atoms with Gasteiger partial charge in [-0.25, -0.2) is 0 Å². The third-order valence-electron chi connectivity index (χ3n) is 3.99. The lowest BCUT2D eigenvalue weighted by Gasteiger charge is -2.13. The van der Waals surface area contributed by atoms with Crippen molar-refractivity contribution in [3.63, 3.8) is 0 Å². The van der Waals surface area contributed by atoms with Crippen molar-refractivity contribution in [3.05, 3.63) is 48.5 Å². The number of carbonyl (C=O) groups is 2. The standard InChI is InChI=1S/C22H29N3O3/c1-3-5-14-28-20-13-7-6-12-19(20)25-22(27)16-23-17-10-8-11-18(15-17)24-21(26)9-4-2/h6-8,10-13,15,23H,3-5,9,14,16H2,1-2H3,(H,24,26)(H,25,27). The second-order valence-corrected chi connectivity index (χ2v) is 6.48. The number of rotatable bonds is 11. The lowest BCUT2D eigenvalue weighted by atomic mass is 10.2. The first-order valence-electron chi connectivity index (χ1n) is 9.77. The molecule has 0 saturated heterocycles. The summed E-state index contributed by atoms with van der Waals surface area (Å²) in [4.78, 5) is 24.0. The summed E-state index contributed by atoms with van der Waals surface area (Å²) in [5.74, 6) is 0.481. The lowest BCUT2D eigenvalue weighted by Crippen LogP contribution is -2.22. The van der Waals surface area contributed by atoms with E-state index < -0.39 is 0 Å². The first kappa shape index (κ1) is 21.3. The molecule has 0 spiro atoms. The van der Waals surface area contributed by atoms with Crippen LogP contribution in [0.2, 0.25) is 0 Å². The minimum atomic E-state index is -0.174. The Hall–Kier alpha value is -3.02. The first-order valence-corrected chi connectivity index (χ1v) is 9.77. The molecule has 6 heteroatoms. The molecule has 0 aromatic heterocycles. The maximum absolute atomic E-state index is 12.3. The van der Waals surface area contributed by atoms with Gasteiger partial charge < -0.3 is 20.7 Å². The van der Waals surface area contributed by atoms with Gasteiger partial charge >= 0.3 is 0 Å². The number of benzene rings is 2. The number of nitrogens with one attached hydrogen (secondary N) is 3. The van der Waals surface area contributed by atoms with Gasteiger partial charge in [-0.15, -0.1) is 0 Å². The molecule has 150 valence electrons. The van der Waals surface area contributed by atoms with Crippen LogP contribution in [0.15, 0.2) is 48.5 Å². The molecule has 0 saturated carbocycles. The summed E-state index contributed by atoms with van der Waals surface area (Å²) >= 11 is 0. The molecule has 0 atom stereocenters. The summed E-state index contributed by atoms with van der Waals surface area (Å²) in [6.45, 7) is 4.80. The molecule has 2 rings (SSSR count). The molecule has 3 N–H and O–H groups in total. The average molecular weight is 383 g/mol. The van der Waals surface area contributed by atoms with Gasteiger partial charge in [-0.2, -0.15) is 0 Å². The molecule has 2 aromatic carbocycles. The Morgan fingerprint density at radius 1 is 0.893 bits per heavy atom. The van der Waals surface area contributed by atoms with Gasteiger partial charge in [0.25, 0.3) is 0 Å². The number of hydrogen-bond acceptors (Lipinski definition) is 4. The molecule has 6 nitrogen and oxygen atoms in total. The van der Waals surface area contributed by atoms with Crippen LogP contribution in [0.3, 0.4) is 0 Å². The number of para-hydroxylation sites is 2. The van der Waals surface area contributed by atoms with E-state index in [0.717, 1.165) is 24.9 Å². The fraction of sp³-hybridized carbons (Fsp3) is 0.364. The largest absolute Gasteiger partial charge is 0.491 e. The summed E-state index contributed by atoms with van der Waals surface area (Å²) in [6.07, 6.45) is 3.30. The average Bonchev–Trinajstić information content (AvgIpc) is 2.68. The Morgan fingerprint density at radius 3 is 2.46 bits per heavy atom. The fourth-order valence-corrected chi connectivity index (χ4v) is 2.56. The topological polar surface area (TPSA) is 79.5 Å². The number of amides is 2. The van der Waals surface area contributed by atoms with E-state index in [1.54, 1.807) is 0 Å². The van der Waals surface area contributed by atoms with Crippen molar-refractivity contribution in [2.45, 2.75) is 39.5 Å². The van der Waals surface area contributed by atoms with Crippen molar-refractivity contribution in [2.75, 3.05) is 29.1 Å². The van der Waals surface area contributed by atoms with Crippen LogP contribution in [0.25, 0.3) is 0 Å². The Bertz CT molecular complexity index is 777. The predicted molar refractivity (Wildman–Crippen MR) is 114 cm³/mol. The van der Waals surface area contributed by atoms with Crippen LogP contribution < -0.4 is 20.7 Å². The van der Waals surface area contributed by atoms with Crippen molar-refractivity contribution in [1.29, 1.82) is 0 Å². The van der Waals surface area contributed by atoms with Crippen molar-refractivity contribution in [2.24, 2.45) is 0 Å². The predicted octanol–water partition coefficient (Wildman–Crippen LogP) is 4.65. The van der Waals surface area contributed by atoms with Gasteiger partial charge in [-0.1, -0.05) is 38.5 Å². The second kappa shape index (κ2) is 11.6. The van der Waals surface area contributed by atoms with Gasteiger partial charge in [0.05, 0.1) is 18.8 Å². The minimum absolute atomic E-state index is 0.0166. The minimum Gasteiger partial charge on any atom is -0.491 e. The third-order valence-corrected chi connectivity index (χ3v) is 3.99. The van der Waals surface area contributed by atoms with Crippen LogP contribution in [0.5, 0.6) is 5.75 Å². The second-order valence-electron chi connectivity index (χ2n) is 6.48. The molecule has 28 heavy (non-hydrogen) atoms. The molecule has 2 amide bonds. The van der Waals surface area contributed by atoms with Crippen LogP contribution in [-0.4, -0.2) is 25.0 Å². The van der Waals surface area contributed by atoms with Crippen molar-refractivity contribution >= 4 is 28.9 Å². The summed E-state index contributed by atoms with van der Waals surface area (Å²) in [5.41, 5.74) is 2.13. The number of carbonyl (C=O) groups excluding carboxylic acids is 2. The summed E-state index contributed by atoms with van der Waals surface area (Å²) in [5, 5.41) is 8.80. The zero-order valence-electron chi connectivity index (χ0n) is 16.6. The Labute approximate surface area is 166 Å². The maximum Gasteiger partial charge on any atom is 0.243 e. The van der Waals surface area contributed by atoms with E-state index in [2.05, 4.69) is 22.9 Å². The molecule has 0 fully saturated rings. The van der Waals surface area contributed by atoms with Gasteiger partial charge in [-0.3, -0.25) is 9.59 Å². The summed E-state index contributed by atoms with van der Waals surface area (Å²) < 4.78 is 5.74. The number of ether oxygens (including phenoxy) is 1. The maximum atomic E-state index is 12.3. The monoisotopic (exact) mass is 383 g/mol. The first-order chi connectivity index (χ1) is 13.6. The van der Waals surface area contributed by atoms with Crippen LogP contribution in [-0.2, 0) is 9.59 Å². The van der Waals surface area contributed by atoms with Crippen LogP contribution in [0.4, 0.5) is 17.1 Å².